The van der Waals surface area contributed by atoms with Gasteiger partial charge < -0.3 is 16.0 Å². The third-order valence-electron chi connectivity index (χ3n) is 5.50. The minimum Gasteiger partial charge on any atom is -0.340 e. The molecule has 0 aliphatic heterocycles. The Balaban J connectivity index is 1.46. The Morgan fingerprint density at radius 2 is 1.38 bits per heavy atom. The quantitative estimate of drug-likeness (QED) is 0.359. The van der Waals surface area contributed by atoms with Crippen LogP contribution < -0.4 is 16.0 Å². The highest BCUT2D eigenvalue weighted by atomic mass is 16.2. The lowest BCUT2D eigenvalue weighted by Gasteiger charge is -2.18. The molecule has 4 aromatic carbocycles. The molecule has 0 saturated heterocycles. The molecule has 34 heavy (non-hydrogen) atoms. The van der Waals surface area contributed by atoms with E-state index in [0.717, 1.165) is 10.8 Å². The largest absolute Gasteiger partial charge is 0.340 e. The number of amides is 3. The van der Waals surface area contributed by atoms with Gasteiger partial charge in [0, 0.05) is 11.3 Å². The molecule has 0 bridgehead atoms. The molecule has 170 valence electrons. The average Bonchev–Trinajstić information content (AvgIpc) is 2.87. The minimum atomic E-state index is -0.739. The van der Waals surface area contributed by atoms with E-state index in [0.29, 0.717) is 23.4 Å². The van der Waals surface area contributed by atoms with Gasteiger partial charge in [-0.3, -0.25) is 14.4 Å². The Morgan fingerprint density at radius 3 is 2.15 bits per heavy atom. The summed E-state index contributed by atoms with van der Waals surface area (Å²) in [6, 6.07) is 28.3. The highest BCUT2D eigenvalue weighted by Crippen LogP contribution is 2.20. The molecule has 0 saturated carbocycles. The number of hydrogen-bond donors (Lipinski definition) is 3. The van der Waals surface area contributed by atoms with Gasteiger partial charge in [0.15, 0.2) is 0 Å². The minimum absolute atomic E-state index is 0.281. The maximum atomic E-state index is 13.0. The molecule has 0 aromatic heterocycles. The molecule has 4 aromatic rings. The molecule has 3 N–H and O–H groups in total. The van der Waals surface area contributed by atoms with Crippen molar-refractivity contribution in [3.63, 3.8) is 0 Å². The summed E-state index contributed by atoms with van der Waals surface area (Å²) in [5, 5.41) is 10.6. The fourth-order valence-corrected chi connectivity index (χ4v) is 3.66. The summed E-state index contributed by atoms with van der Waals surface area (Å²) in [6.07, 6.45) is 0.406. The van der Waals surface area contributed by atoms with Gasteiger partial charge in [-0.1, -0.05) is 67.6 Å². The fraction of sp³-hybridized carbons (Fsp3) is 0.107. The Bertz CT molecular complexity index is 1340. The van der Waals surface area contributed by atoms with Crippen molar-refractivity contribution in [3.05, 3.63) is 108 Å². The van der Waals surface area contributed by atoms with Crippen molar-refractivity contribution in [1.29, 1.82) is 0 Å². The van der Waals surface area contributed by atoms with Crippen LogP contribution in [0.4, 0.5) is 11.4 Å². The number of nitrogens with one attached hydrogen (secondary N) is 3. The van der Waals surface area contributed by atoms with E-state index in [1.165, 1.54) is 0 Å². The molecule has 6 nitrogen and oxygen atoms in total. The van der Waals surface area contributed by atoms with Gasteiger partial charge in [-0.2, -0.15) is 0 Å². The van der Waals surface area contributed by atoms with E-state index in [1.807, 2.05) is 55.5 Å². The molecule has 0 aliphatic rings. The monoisotopic (exact) mass is 451 g/mol. The first-order valence-corrected chi connectivity index (χ1v) is 11.1. The number of benzene rings is 4. The van der Waals surface area contributed by atoms with Crippen molar-refractivity contribution in [2.45, 2.75) is 19.4 Å². The third-order valence-corrected chi connectivity index (χ3v) is 5.50. The van der Waals surface area contributed by atoms with Gasteiger partial charge in [0.1, 0.15) is 6.04 Å². The molecule has 4 rings (SSSR count). The van der Waals surface area contributed by atoms with E-state index in [1.54, 1.807) is 48.5 Å². The number of anilines is 2. The molecule has 3 amide bonds. The van der Waals surface area contributed by atoms with Crippen LogP contribution >= 0.6 is 0 Å². The lowest BCUT2D eigenvalue weighted by Crippen LogP contribution is -2.43. The summed E-state index contributed by atoms with van der Waals surface area (Å²) in [5.41, 5.74) is 1.80. The lowest BCUT2D eigenvalue weighted by molar-refractivity contribution is -0.118. The molecule has 0 spiro atoms. The van der Waals surface area contributed by atoms with E-state index < -0.39 is 11.9 Å². The van der Waals surface area contributed by atoms with Crippen LogP contribution in [-0.4, -0.2) is 23.8 Å². The van der Waals surface area contributed by atoms with Crippen molar-refractivity contribution < 1.29 is 14.4 Å². The van der Waals surface area contributed by atoms with Crippen LogP contribution in [0.1, 0.15) is 34.1 Å². The Kier molecular flexibility index (Phi) is 6.98. The van der Waals surface area contributed by atoms with Crippen LogP contribution in [-0.2, 0) is 4.79 Å². The number of carbonyl (C=O) groups excluding carboxylic acids is 3. The molecule has 6 heteroatoms. The van der Waals surface area contributed by atoms with E-state index in [9.17, 15) is 14.4 Å². The molecule has 0 heterocycles. The third kappa shape index (κ3) is 5.30. The Hall–Kier alpha value is -4.45. The standard InChI is InChI=1S/C28H25N3O3/c1-2-24(28(34)29-22-17-16-19-10-6-7-13-21(19)18-22)30-27(33)23-14-8-9-15-25(23)31-26(32)20-11-4-3-5-12-20/h3-18,24H,2H2,1H3,(H,29,34)(H,30,33)(H,31,32)/t24-/m0/s1. The van der Waals surface area contributed by atoms with Crippen molar-refractivity contribution >= 4 is 39.9 Å². The van der Waals surface area contributed by atoms with Gasteiger partial charge in [-0.25, -0.2) is 0 Å². The van der Waals surface area contributed by atoms with E-state index in [-0.39, 0.29) is 17.4 Å². The van der Waals surface area contributed by atoms with Crippen LogP contribution in [0, 0.1) is 0 Å². The van der Waals surface area contributed by atoms with Crippen molar-refractivity contribution in [1.82, 2.24) is 5.32 Å². The molecular weight excluding hydrogens is 426 g/mol. The zero-order chi connectivity index (χ0) is 23.9. The number of carbonyl (C=O) groups is 3. The van der Waals surface area contributed by atoms with Crippen molar-refractivity contribution in [3.8, 4) is 0 Å². The highest BCUT2D eigenvalue weighted by Gasteiger charge is 2.22. The Morgan fingerprint density at radius 1 is 0.706 bits per heavy atom. The first-order valence-electron chi connectivity index (χ1n) is 11.1. The summed E-state index contributed by atoms with van der Waals surface area (Å²) in [5.74, 6) is -1.07. The van der Waals surface area contributed by atoms with Gasteiger partial charge >= 0.3 is 0 Å². The van der Waals surface area contributed by atoms with Crippen LogP contribution in [0.3, 0.4) is 0 Å². The normalized spacial score (nSPS) is 11.4. The number of hydrogen-bond acceptors (Lipinski definition) is 3. The summed E-state index contributed by atoms with van der Waals surface area (Å²) in [6.45, 7) is 1.83. The zero-order valence-corrected chi connectivity index (χ0v) is 18.7. The van der Waals surface area contributed by atoms with E-state index in [4.69, 9.17) is 0 Å². The summed E-state index contributed by atoms with van der Waals surface area (Å²) in [7, 11) is 0. The maximum absolute atomic E-state index is 13.0. The predicted octanol–water partition coefficient (Wildman–Crippen LogP) is 5.24. The van der Waals surface area contributed by atoms with Crippen LogP contribution in [0.5, 0.6) is 0 Å². The fourth-order valence-electron chi connectivity index (χ4n) is 3.66. The molecule has 0 fully saturated rings. The molecule has 0 aliphatic carbocycles. The zero-order valence-electron chi connectivity index (χ0n) is 18.7. The van der Waals surface area contributed by atoms with Gasteiger partial charge in [0.25, 0.3) is 11.8 Å². The SMILES string of the molecule is CC[C@H](NC(=O)c1ccccc1NC(=O)c1ccccc1)C(=O)Nc1ccc2ccccc2c1. The lowest BCUT2D eigenvalue weighted by atomic mass is 10.1. The van der Waals surface area contributed by atoms with Crippen molar-refractivity contribution in [2.24, 2.45) is 0 Å². The van der Waals surface area contributed by atoms with Crippen LogP contribution in [0.2, 0.25) is 0 Å². The molecular formula is C28H25N3O3. The van der Waals surface area contributed by atoms with E-state index in [2.05, 4.69) is 16.0 Å². The topological polar surface area (TPSA) is 87.3 Å². The molecule has 0 unspecified atom stereocenters. The van der Waals surface area contributed by atoms with Gasteiger partial charge in [-0.05, 0) is 53.6 Å². The van der Waals surface area contributed by atoms with Gasteiger partial charge in [-0.15, -0.1) is 0 Å². The summed E-state index contributed by atoms with van der Waals surface area (Å²) >= 11 is 0. The second-order valence-corrected chi connectivity index (χ2v) is 7.85. The van der Waals surface area contributed by atoms with Crippen LogP contribution in [0.15, 0.2) is 97.1 Å². The Labute approximate surface area is 198 Å². The van der Waals surface area contributed by atoms with E-state index >= 15 is 0 Å². The maximum Gasteiger partial charge on any atom is 0.255 e. The highest BCUT2D eigenvalue weighted by molar-refractivity contribution is 6.10. The van der Waals surface area contributed by atoms with Crippen molar-refractivity contribution in [2.75, 3.05) is 10.6 Å². The molecule has 1 atom stereocenters. The molecule has 0 radical (unpaired) electrons. The number of para-hydroxylation sites is 1. The van der Waals surface area contributed by atoms with Crippen LogP contribution in [0.25, 0.3) is 10.8 Å². The number of fused-ring (bicyclic) bond motifs is 1. The average molecular weight is 452 g/mol. The summed E-state index contributed by atoms with van der Waals surface area (Å²) < 4.78 is 0. The smallest absolute Gasteiger partial charge is 0.255 e. The number of rotatable bonds is 7. The predicted molar refractivity (Wildman–Crippen MR) is 135 cm³/mol. The second kappa shape index (κ2) is 10.4. The first kappa shape index (κ1) is 22.7. The second-order valence-electron chi connectivity index (χ2n) is 7.85. The summed E-state index contributed by atoms with van der Waals surface area (Å²) in [4.78, 5) is 38.5. The first-order chi connectivity index (χ1) is 16.5. The van der Waals surface area contributed by atoms with Gasteiger partial charge in [0.05, 0.1) is 11.3 Å². The van der Waals surface area contributed by atoms with Gasteiger partial charge in [0.2, 0.25) is 5.91 Å².